The van der Waals surface area contributed by atoms with Gasteiger partial charge in [-0.3, -0.25) is 9.59 Å². The Morgan fingerprint density at radius 1 is 1.03 bits per heavy atom. The van der Waals surface area contributed by atoms with E-state index in [9.17, 15) is 9.59 Å². The SMILES string of the molecule is O=C1Cc2cc(C(=O)NCC3CCC(CCOc4ccccc4)CC3)ccc2N1. The molecule has 0 saturated heterocycles. The van der Waals surface area contributed by atoms with Crippen molar-refractivity contribution in [3.05, 3.63) is 59.7 Å². The molecule has 0 atom stereocenters. The third-order valence-electron chi connectivity index (χ3n) is 6.05. The van der Waals surface area contributed by atoms with Gasteiger partial charge in [0.05, 0.1) is 13.0 Å². The normalized spacial score (nSPS) is 20.6. The summed E-state index contributed by atoms with van der Waals surface area (Å²) in [6.07, 6.45) is 6.15. The summed E-state index contributed by atoms with van der Waals surface area (Å²) in [6.45, 7) is 1.49. The van der Waals surface area contributed by atoms with E-state index >= 15 is 0 Å². The van der Waals surface area contributed by atoms with Crippen LogP contribution in [0.15, 0.2) is 48.5 Å². The minimum absolute atomic E-state index is 0.0107. The second-order valence-corrected chi connectivity index (χ2v) is 8.14. The number of amides is 2. The number of carbonyl (C=O) groups is 2. The van der Waals surface area contributed by atoms with Gasteiger partial charge in [0.25, 0.3) is 5.91 Å². The minimum atomic E-state index is -0.0504. The summed E-state index contributed by atoms with van der Waals surface area (Å²) in [4.78, 5) is 23.9. The minimum Gasteiger partial charge on any atom is -0.494 e. The number of nitrogens with one attached hydrogen (secondary N) is 2. The van der Waals surface area contributed by atoms with Crippen LogP contribution < -0.4 is 15.4 Å². The fourth-order valence-electron chi connectivity index (χ4n) is 4.29. The monoisotopic (exact) mass is 392 g/mol. The zero-order valence-corrected chi connectivity index (χ0v) is 16.7. The van der Waals surface area contributed by atoms with Gasteiger partial charge in [-0.25, -0.2) is 0 Å². The van der Waals surface area contributed by atoms with E-state index in [2.05, 4.69) is 10.6 Å². The maximum Gasteiger partial charge on any atom is 0.251 e. The number of hydrogen-bond donors (Lipinski definition) is 2. The highest BCUT2D eigenvalue weighted by Gasteiger charge is 2.23. The predicted molar refractivity (Wildman–Crippen MR) is 113 cm³/mol. The van der Waals surface area contributed by atoms with Crippen molar-refractivity contribution in [1.82, 2.24) is 5.32 Å². The summed E-state index contributed by atoms with van der Waals surface area (Å²) in [6, 6.07) is 15.4. The highest BCUT2D eigenvalue weighted by Crippen LogP contribution is 2.31. The number of carbonyl (C=O) groups excluding carboxylic acids is 2. The summed E-state index contributed by atoms with van der Waals surface area (Å²) < 4.78 is 5.82. The Hall–Kier alpha value is -2.82. The van der Waals surface area contributed by atoms with E-state index in [0.717, 1.165) is 49.4 Å². The van der Waals surface area contributed by atoms with Crippen LogP contribution in [0.2, 0.25) is 0 Å². The highest BCUT2D eigenvalue weighted by atomic mass is 16.5. The molecule has 0 bridgehead atoms. The molecule has 2 aromatic rings. The molecule has 1 aliphatic heterocycles. The average Bonchev–Trinajstić information content (AvgIpc) is 3.13. The van der Waals surface area contributed by atoms with Crippen LogP contribution in [0.5, 0.6) is 5.75 Å². The number of para-hydroxylation sites is 1. The first kappa shape index (κ1) is 19.5. The quantitative estimate of drug-likeness (QED) is 0.743. The zero-order chi connectivity index (χ0) is 20.1. The summed E-state index contributed by atoms with van der Waals surface area (Å²) in [5.74, 6) is 2.14. The van der Waals surface area contributed by atoms with Crippen LogP contribution in [0, 0.1) is 11.8 Å². The number of fused-ring (bicyclic) bond motifs is 1. The van der Waals surface area contributed by atoms with E-state index in [1.165, 1.54) is 12.8 Å². The van der Waals surface area contributed by atoms with E-state index in [-0.39, 0.29) is 11.8 Å². The lowest BCUT2D eigenvalue weighted by Crippen LogP contribution is -2.31. The van der Waals surface area contributed by atoms with Crippen LogP contribution in [0.1, 0.15) is 48.0 Å². The zero-order valence-electron chi connectivity index (χ0n) is 16.7. The largest absolute Gasteiger partial charge is 0.494 e. The number of hydrogen-bond acceptors (Lipinski definition) is 3. The van der Waals surface area contributed by atoms with Gasteiger partial charge < -0.3 is 15.4 Å². The Morgan fingerprint density at radius 2 is 1.79 bits per heavy atom. The summed E-state index contributed by atoms with van der Waals surface area (Å²) >= 11 is 0. The van der Waals surface area contributed by atoms with E-state index in [0.29, 0.717) is 23.8 Å². The average molecular weight is 392 g/mol. The van der Waals surface area contributed by atoms with Crippen molar-refractivity contribution in [3.63, 3.8) is 0 Å². The number of anilines is 1. The van der Waals surface area contributed by atoms with Gasteiger partial charge in [-0.15, -0.1) is 0 Å². The van der Waals surface area contributed by atoms with E-state index in [4.69, 9.17) is 4.74 Å². The Balaban J connectivity index is 1.16. The van der Waals surface area contributed by atoms with Gasteiger partial charge >= 0.3 is 0 Å². The molecule has 0 radical (unpaired) electrons. The molecule has 152 valence electrons. The van der Waals surface area contributed by atoms with Crippen molar-refractivity contribution in [2.75, 3.05) is 18.5 Å². The molecule has 1 heterocycles. The van der Waals surface area contributed by atoms with E-state index < -0.39 is 0 Å². The first-order valence-corrected chi connectivity index (χ1v) is 10.6. The lowest BCUT2D eigenvalue weighted by atomic mass is 9.80. The second-order valence-electron chi connectivity index (χ2n) is 8.14. The van der Waals surface area contributed by atoms with Gasteiger partial charge in [-0.2, -0.15) is 0 Å². The fourth-order valence-corrected chi connectivity index (χ4v) is 4.29. The molecule has 1 fully saturated rings. The maximum absolute atomic E-state index is 12.5. The topological polar surface area (TPSA) is 67.4 Å². The highest BCUT2D eigenvalue weighted by molar-refractivity contribution is 6.01. The van der Waals surface area contributed by atoms with Crippen molar-refractivity contribution in [2.45, 2.75) is 38.5 Å². The third kappa shape index (κ3) is 5.17. The smallest absolute Gasteiger partial charge is 0.251 e. The predicted octanol–water partition coefficient (Wildman–Crippen LogP) is 4.19. The van der Waals surface area contributed by atoms with Crippen molar-refractivity contribution in [3.8, 4) is 5.75 Å². The molecule has 0 spiro atoms. The molecule has 2 aromatic carbocycles. The standard InChI is InChI=1S/C24H28N2O3/c27-23-15-20-14-19(10-11-22(20)26-23)24(28)25-16-18-8-6-17(7-9-18)12-13-29-21-4-2-1-3-5-21/h1-5,10-11,14,17-18H,6-9,12-13,15-16H2,(H,25,28)(H,26,27). The van der Waals surface area contributed by atoms with Crippen LogP contribution in [-0.4, -0.2) is 25.0 Å². The molecule has 2 aliphatic rings. The van der Waals surface area contributed by atoms with Gasteiger partial charge in [0.1, 0.15) is 5.75 Å². The first-order chi connectivity index (χ1) is 14.2. The third-order valence-corrected chi connectivity index (χ3v) is 6.05. The molecule has 5 nitrogen and oxygen atoms in total. The Morgan fingerprint density at radius 3 is 2.59 bits per heavy atom. The summed E-state index contributed by atoms with van der Waals surface area (Å²) in [5, 5.41) is 5.88. The van der Waals surface area contributed by atoms with Crippen molar-refractivity contribution < 1.29 is 14.3 Å². The van der Waals surface area contributed by atoms with Gasteiger partial charge in [-0.1, -0.05) is 18.2 Å². The molecule has 1 aliphatic carbocycles. The molecule has 0 aromatic heterocycles. The van der Waals surface area contributed by atoms with Crippen LogP contribution >= 0.6 is 0 Å². The van der Waals surface area contributed by atoms with Crippen LogP contribution in [0.4, 0.5) is 5.69 Å². The molecular weight excluding hydrogens is 364 g/mol. The summed E-state index contributed by atoms with van der Waals surface area (Å²) in [7, 11) is 0. The van der Waals surface area contributed by atoms with Crippen LogP contribution in [0.25, 0.3) is 0 Å². The Kier molecular flexibility index (Phi) is 6.13. The molecule has 1 saturated carbocycles. The molecule has 2 N–H and O–H groups in total. The van der Waals surface area contributed by atoms with Crippen molar-refractivity contribution in [2.24, 2.45) is 11.8 Å². The molecule has 29 heavy (non-hydrogen) atoms. The second kappa shape index (κ2) is 9.12. The molecule has 4 rings (SSSR count). The van der Waals surface area contributed by atoms with Crippen LogP contribution in [-0.2, 0) is 11.2 Å². The van der Waals surface area contributed by atoms with Crippen molar-refractivity contribution >= 4 is 17.5 Å². The number of ether oxygens (including phenoxy) is 1. The number of rotatable bonds is 7. The van der Waals surface area contributed by atoms with Gasteiger partial charge in [-0.05, 0) is 79.8 Å². The van der Waals surface area contributed by atoms with Crippen molar-refractivity contribution in [1.29, 1.82) is 0 Å². The molecule has 5 heteroatoms. The Labute approximate surface area is 171 Å². The fraction of sp³-hybridized carbons (Fsp3) is 0.417. The Bertz CT molecular complexity index is 858. The lowest BCUT2D eigenvalue weighted by molar-refractivity contribution is -0.115. The van der Waals surface area contributed by atoms with Gasteiger partial charge in [0.15, 0.2) is 0 Å². The van der Waals surface area contributed by atoms with E-state index in [1.807, 2.05) is 42.5 Å². The number of benzene rings is 2. The molecule has 0 unspecified atom stereocenters. The van der Waals surface area contributed by atoms with Gasteiger partial charge in [0.2, 0.25) is 5.91 Å². The van der Waals surface area contributed by atoms with E-state index in [1.54, 1.807) is 6.07 Å². The molecule has 2 amide bonds. The summed E-state index contributed by atoms with van der Waals surface area (Å²) in [5.41, 5.74) is 2.36. The lowest BCUT2D eigenvalue weighted by Gasteiger charge is -2.28. The van der Waals surface area contributed by atoms with Crippen LogP contribution in [0.3, 0.4) is 0 Å². The molecular formula is C24H28N2O3. The van der Waals surface area contributed by atoms with Gasteiger partial charge in [0, 0.05) is 17.8 Å². The first-order valence-electron chi connectivity index (χ1n) is 10.6. The maximum atomic E-state index is 12.5.